The number of aryl methyl sites for hydroxylation is 1. The fourth-order valence-electron chi connectivity index (χ4n) is 17.5. The molecule has 4 aliphatic carbocycles. The molecule has 2 aliphatic heterocycles. The lowest BCUT2D eigenvalue weighted by molar-refractivity contribution is 0.332. The van der Waals surface area contributed by atoms with Crippen molar-refractivity contribution in [2.24, 2.45) is 0 Å². The molecule has 6 aliphatic rings. The van der Waals surface area contributed by atoms with Crippen LogP contribution in [0, 0.1) is 6.92 Å². The predicted molar refractivity (Wildman–Crippen MR) is 383 cm³/mol. The molecule has 0 saturated heterocycles. The minimum Gasteiger partial charge on any atom is -0.376 e. The van der Waals surface area contributed by atoms with Crippen LogP contribution >= 0.6 is 0 Å². The lowest BCUT2D eigenvalue weighted by Gasteiger charge is -2.49. The van der Waals surface area contributed by atoms with Crippen LogP contribution in [0.3, 0.4) is 0 Å². The van der Waals surface area contributed by atoms with E-state index in [1.165, 1.54) is 147 Å². The minimum absolute atomic E-state index is 0.00143. The fourth-order valence-corrected chi connectivity index (χ4v) is 17.5. The van der Waals surface area contributed by atoms with Crippen LogP contribution in [0.4, 0.5) is 45.5 Å². The Morgan fingerprint density at radius 3 is 1.57 bits per heavy atom. The molecule has 0 amide bonds. The average molecular weight is 1170 g/mol. The molecule has 9 aromatic carbocycles. The maximum Gasteiger partial charge on any atom is 0.333 e. The van der Waals surface area contributed by atoms with Gasteiger partial charge in [0, 0.05) is 61.9 Å². The van der Waals surface area contributed by atoms with Crippen LogP contribution < -0.4 is 25.5 Å². The molecular formula is C85H92BN3. The summed E-state index contributed by atoms with van der Waals surface area (Å²) in [7, 11) is 0. The molecule has 0 spiro atoms. The Hall–Kier alpha value is -7.56. The second kappa shape index (κ2) is 18.8. The Bertz CT molecular complexity index is 4490. The van der Waals surface area contributed by atoms with Crippen molar-refractivity contribution < 1.29 is 0 Å². The Labute approximate surface area is 533 Å². The lowest BCUT2D eigenvalue weighted by Crippen LogP contribution is -2.62. The molecule has 15 rings (SSSR count). The zero-order valence-electron chi connectivity index (χ0n) is 56.8. The fraction of sp³-hybridized carbons (Fsp3) is 0.365. The summed E-state index contributed by atoms with van der Waals surface area (Å²) >= 11 is 0. The molecule has 89 heavy (non-hydrogen) atoms. The molecule has 0 radical (unpaired) electrons. The Morgan fingerprint density at radius 2 is 0.933 bits per heavy atom. The van der Waals surface area contributed by atoms with E-state index in [1.807, 2.05) is 0 Å². The maximum atomic E-state index is 2.85. The van der Waals surface area contributed by atoms with Crippen molar-refractivity contribution in [1.29, 1.82) is 0 Å². The molecule has 450 valence electrons. The van der Waals surface area contributed by atoms with E-state index >= 15 is 0 Å². The summed E-state index contributed by atoms with van der Waals surface area (Å²) < 4.78 is 0. The third-order valence-corrected chi connectivity index (χ3v) is 23.2. The first-order valence-electron chi connectivity index (χ1n) is 33.4. The summed E-state index contributed by atoms with van der Waals surface area (Å²) in [4.78, 5) is 8.16. The molecule has 0 N–H and O–H groups in total. The number of nitrogens with zero attached hydrogens (tertiary/aromatic N) is 3. The second-order valence-electron chi connectivity index (χ2n) is 33.6. The first kappa shape index (κ1) is 57.9. The van der Waals surface area contributed by atoms with Gasteiger partial charge in [-0.15, -0.1) is 0 Å². The van der Waals surface area contributed by atoms with Crippen LogP contribution in [0.5, 0.6) is 0 Å². The Balaban J connectivity index is 1.11. The van der Waals surface area contributed by atoms with Crippen LogP contribution in [0.1, 0.15) is 212 Å². The first-order valence-corrected chi connectivity index (χ1v) is 33.4. The van der Waals surface area contributed by atoms with Crippen molar-refractivity contribution in [3.05, 3.63) is 225 Å². The highest BCUT2D eigenvalue weighted by atomic mass is 15.2. The van der Waals surface area contributed by atoms with Crippen molar-refractivity contribution in [2.45, 2.75) is 201 Å². The molecule has 0 bridgehead atoms. The Morgan fingerprint density at radius 1 is 0.382 bits per heavy atom. The summed E-state index contributed by atoms with van der Waals surface area (Å²) in [5, 5.41) is 0. The maximum absolute atomic E-state index is 2.85. The molecule has 3 nitrogen and oxygen atoms in total. The van der Waals surface area contributed by atoms with E-state index in [-0.39, 0.29) is 50.2 Å². The van der Waals surface area contributed by atoms with Gasteiger partial charge in [-0.25, -0.2) is 0 Å². The van der Waals surface area contributed by atoms with Gasteiger partial charge in [0.25, 0.3) is 0 Å². The quantitative estimate of drug-likeness (QED) is 0.159. The predicted octanol–water partition coefficient (Wildman–Crippen LogP) is 22.1. The molecular weight excluding hydrogens is 1070 g/mol. The summed E-state index contributed by atoms with van der Waals surface area (Å²) in [6.45, 7) is 46.0. The van der Waals surface area contributed by atoms with Gasteiger partial charge >= 0.3 is 6.85 Å². The molecule has 4 heteroatoms. The monoisotopic (exact) mass is 1170 g/mol. The molecule has 0 saturated carbocycles. The number of hydrogen-bond donors (Lipinski definition) is 0. The van der Waals surface area contributed by atoms with Crippen molar-refractivity contribution >= 4 is 63.3 Å². The highest BCUT2D eigenvalue weighted by Gasteiger charge is 2.52. The van der Waals surface area contributed by atoms with Crippen LogP contribution in [-0.4, -0.2) is 6.85 Å². The highest BCUT2D eigenvalue weighted by Crippen LogP contribution is 2.62. The van der Waals surface area contributed by atoms with Crippen molar-refractivity contribution in [2.75, 3.05) is 14.6 Å². The van der Waals surface area contributed by atoms with Gasteiger partial charge in [-0.2, -0.15) is 0 Å². The first-order chi connectivity index (χ1) is 41.8. The van der Waals surface area contributed by atoms with Gasteiger partial charge < -0.3 is 14.6 Å². The van der Waals surface area contributed by atoms with E-state index in [4.69, 9.17) is 0 Å². The largest absolute Gasteiger partial charge is 0.376 e. The van der Waals surface area contributed by atoms with Gasteiger partial charge in [-0.05, 0) is 244 Å². The third-order valence-electron chi connectivity index (χ3n) is 23.2. The van der Waals surface area contributed by atoms with Gasteiger partial charge in [0.05, 0.1) is 0 Å². The summed E-state index contributed by atoms with van der Waals surface area (Å²) in [6, 6.07) is 66.0. The second-order valence-corrected chi connectivity index (χ2v) is 33.6. The van der Waals surface area contributed by atoms with E-state index in [0.29, 0.717) is 0 Å². The van der Waals surface area contributed by atoms with E-state index in [1.54, 1.807) is 0 Å². The topological polar surface area (TPSA) is 9.72 Å². The standard InChI is InChI=1S/C85H92BN3/c1-51-43-67-69(83(14,15)42-41-81(67,10)11)50-72(51)88-71-38-36-56(87(54-33-31-52(32-34-54)78(2,3)4)55-26-24-25-53(44-55)79(5,6)7)46-70(71)86-77-74(88)49-61-59-28-21-23-30-64(59)85(18,19)76(61)75(77)62-47-66-60(58-27-20-22-29-63(58)84(66,16)17)48-73(62)89(86)57-35-37-65-68(45-57)82(12,13)40-39-80(65,8)9/h20-38,43-50H,39-42H2,1-19H3. The normalized spacial score (nSPS) is 18.6. The van der Waals surface area contributed by atoms with Crippen LogP contribution in [0.25, 0.3) is 33.4 Å². The lowest BCUT2D eigenvalue weighted by atomic mass is 9.42. The van der Waals surface area contributed by atoms with Gasteiger partial charge in [0.15, 0.2) is 0 Å². The number of benzene rings is 9. The highest BCUT2D eigenvalue weighted by molar-refractivity contribution is 6.93. The van der Waals surface area contributed by atoms with E-state index in [9.17, 15) is 0 Å². The van der Waals surface area contributed by atoms with E-state index in [2.05, 4.69) is 310 Å². The van der Waals surface area contributed by atoms with Gasteiger partial charge in [0.2, 0.25) is 0 Å². The number of hydrogen-bond acceptors (Lipinski definition) is 3. The summed E-state index contributed by atoms with van der Waals surface area (Å²) in [5.74, 6) is 0. The molecule has 0 fully saturated rings. The van der Waals surface area contributed by atoms with Crippen LogP contribution in [-0.2, 0) is 43.3 Å². The number of fused-ring (bicyclic) bond motifs is 13. The minimum atomic E-state index is -0.308. The zero-order valence-corrected chi connectivity index (χ0v) is 56.8. The van der Waals surface area contributed by atoms with Gasteiger partial charge in [-0.1, -0.05) is 210 Å². The van der Waals surface area contributed by atoms with E-state index < -0.39 is 0 Å². The molecule has 0 unspecified atom stereocenters. The molecule has 9 aromatic rings. The molecule has 2 heterocycles. The third kappa shape index (κ3) is 8.42. The average Bonchev–Trinajstić information content (AvgIpc) is 1.65. The van der Waals surface area contributed by atoms with Gasteiger partial charge in [-0.3, -0.25) is 0 Å². The van der Waals surface area contributed by atoms with E-state index in [0.717, 1.165) is 29.9 Å². The smallest absolute Gasteiger partial charge is 0.333 e. The number of rotatable bonds is 5. The summed E-state index contributed by atoms with van der Waals surface area (Å²) in [6.07, 6.45) is 4.62. The van der Waals surface area contributed by atoms with Crippen LogP contribution in [0.2, 0.25) is 0 Å². The Kier molecular flexibility index (Phi) is 12.2. The van der Waals surface area contributed by atoms with Crippen molar-refractivity contribution in [3.63, 3.8) is 0 Å². The SMILES string of the molecule is Cc1cc2c(cc1N1c3ccc(N(c4ccc(C(C)(C)C)cc4)c4cccc(C(C)(C)C)c4)cc3B3c4c1cc1c(c4-c4cc5c(cc4N3c3ccc4c(c3)C(C)(C)CCC4(C)C)-c3ccccc3C5(C)C)C(C)(C)c3ccccc3-1)C(C)(C)CCC2(C)C. The van der Waals surface area contributed by atoms with Crippen molar-refractivity contribution in [3.8, 4) is 33.4 Å². The van der Waals surface area contributed by atoms with Gasteiger partial charge in [0.1, 0.15) is 0 Å². The summed E-state index contributed by atoms with van der Waals surface area (Å²) in [5.41, 5.74) is 35.6. The zero-order chi connectivity index (χ0) is 62.8. The van der Waals surface area contributed by atoms with Crippen molar-refractivity contribution in [1.82, 2.24) is 0 Å². The molecule has 0 aromatic heterocycles. The van der Waals surface area contributed by atoms with Crippen LogP contribution in [0.15, 0.2) is 164 Å². The molecule has 0 atom stereocenters. The number of anilines is 8.